The monoisotopic (exact) mass is 429 g/mol. The highest BCUT2D eigenvalue weighted by Crippen LogP contribution is 2.37. The van der Waals surface area contributed by atoms with Crippen LogP contribution >= 0.6 is 11.3 Å². The lowest BCUT2D eigenvalue weighted by atomic mass is 9.96. The van der Waals surface area contributed by atoms with Crippen molar-refractivity contribution in [3.63, 3.8) is 0 Å². The molecule has 0 bridgehead atoms. The minimum absolute atomic E-state index is 0.0271. The second kappa shape index (κ2) is 7.65. The van der Waals surface area contributed by atoms with Crippen molar-refractivity contribution in [2.45, 2.75) is 25.6 Å². The Kier molecular flexibility index (Phi) is 5.15. The summed E-state index contributed by atoms with van der Waals surface area (Å²) in [7, 11) is 0. The van der Waals surface area contributed by atoms with E-state index < -0.39 is 17.7 Å². The lowest BCUT2D eigenvalue weighted by Gasteiger charge is -2.11. The number of hydrogen-bond donors (Lipinski definition) is 1. The first kappa shape index (κ1) is 20.2. The zero-order valence-corrected chi connectivity index (χ0v) is 16.8. The van der Waals surface area contributed by atoms with E-state index in [2.05, 4.69) is 0 Å². The minimum Gasteiger partial charge on any atom is -0.480 e. The quantitative estimate of drug-likeness (QED) is 0.387. The zero-order valence-electron chi connectivity index (χ0n) is 16.0. The van der Waals surface area contributed by atoms with Crippen LogP contribution in [0.15, 0.2) is 66.2 Å². The molecule has 7 heteroatoms. The van der Waals surface area contributed by atoms with E-state index in [0.717, 1.165) is 33.5 Å². The highest BCUT2D eigenvalue weighted by molar-refractivity contribution is 7.10. The second-order valence-corrected chi connectivity index (χ2v) is 8.13. The van der Waals surface area contributed by atoms with Crippen LogP contribution < -0.4 is 0 Å². The molecule has 2 aromatic carbocycles. The summed E-state index contributed by atoms with van der Waals surface area (Å²) in [6.07, 6.45) is -2.58. The Bertz CT molecular complexity index is 1210. The molecule has 0 aliphatic rings. The Morgan fingerprint density at radius 3 is 2.53 bits per heavy atom. The summed E-state index contributed by atoms with van der Waals surface area (Å²) < 4.78 is 41.1. The number of thiophene rings is 1. The number of nitrogens with zero attached hydrogens (tertiary/aromatic N) is 1. The van der Waals surface area contributed by atoms with Gasteiger partial charge in [-0.1, -0.05) is 31.2 Å². The lowest BCUT2D eigenvalue weighted by Crippen LogP contribution is -2.07. The number of carboxylic acid groups (broad SMARTS) is 1. The summed E-state index contributed by atoms with van der Waals surface area (Å²) in [5.41, 5.74) is 2.11. The van der Waals surface area contributed by atoms with Crippen LogP contribution in [0.3, 0.4) is 0 Å². The van der Waals surface area contributed by atoms with E-state index in [-0.39, 0.29) is 12.5 Å². The third kappa shape index (κ3) is 3.85. The van der Waals surface area contributed by atoms with Gasteiger partial charge in [-0.05, 0) is 52.4 Å². The fourth-order valence-corrected chi connectivity index (χ4v) is 4.49. The smallest absolute Gasteiger partial charge is 0.416 e. The molecule has 0 amide bonds. The standard InChI is InChI=1S/C23H18F3NO2S/c1-14(21-6-3-9-30-21)19-12-27(13-22(28)29)20-8-7-16(11-18(19)20)15-4-2-5-17(10-15)23(24,25)26/h2-12,14H,13H2,1H3,(H,28,29). The van der Waals surface area contributed by atoms with E-state index in [1.165, 1.54) is 6.07 Å². The van der Waals surface area contributed by atoms with E-state index in [4.69, 9.17) is 0 Å². The van der Waals surface area contributed by atoms with Gasteiger partial charge in [0.2, 0.25) is 0 Å². The van der Waals surface area contributed by atoms with Gasteiger partial charge in [0.05, 0.1) is 5.56 Å². The zero-order chi connectivity index (χ0) is 21.5. The summed E-state index contributed by atoms with van der Waals surface area (Å²) in [6.45, 7) is 1.86. The number of aromatic nitrogens is 1. The fourth-order valence-electron chi connectivity index (χ4n) is 3.69. The van der Waals surface area contributed by atoms with Crippen molar-refractivity contribution in [1.29, 1.82) is 0 Å². The van der Waals surface area contributed by atoms with Gasteiger partial charge < -0.3 is 9.67 Å². The minimum atomic E-state index is -4.41. The normalized spacial score (nSPS) is 12.9. The maximum atomic E-state index is 13.1. The molecule has 30 heavy (non-hydrogen) atoms. The first-order valence-electron chi connectivity index (χ1n) is 9.29. The van der Waals surface area contributed by atoms with Gasteiger partial charge in [-0.3, -0.25) is 4.79 Å². The van der Waals surface area contributed by atoms with Gasteiger partial charge in [-0.15, -0.1) is 11.3 Å². The highest BCUT2D eigenvalue weighted by atomic mass is 32.1. The number of rotatable bonds is 5. The summed E-state index contributed by atoms with van der Waals surface area (Å²) in [5.74, 6) is -0.927. The molecule has 4 aromatic rings. The molecule has 0 aliphatic heterocycles. The van der Waals surface area contributed by atoms with Crippen molar-refractivity contribution in [1.82, 2.24) is 4.57 Å². The molecule has 4 rings (SSSR count). The third-order valence-corrected chi connectivity index (χ3v) is 6.23. The van der Waals surface area contributed by atoms with E-state index in [1.54, 1.807) is 34.1 Å². The first-order valence-corrected chi connectivity index (χ1v) is 10.2. The highest BCUT2D eigenvalue weighted by Gasteiger charge is 2.30. The molecule has 1 N–H and O–H groups in total. The maximum absolute atomic E-state index is 13.1. The van der Waals surface area contributed by atoms with Gasteiger partial charge in [0, 0.05) is 27.9 Å². The number of aliphatic carboxylic acids is 1. The van der Waals surface area contributed by atoms with Crippen LogP contribution in [0.2, 0.25) is 0 Å². The van der Waals surface area contributed by atoms with Crippen molar-refractivity contribution in [2.24, 2.45) is 0 Å². The van der Waals surface area contributed by atoms with E-state index in [1.807, 2.05) is 36.7 Å². The molecule has 154 valence electrons. The van der Waals surface area contributed by atoms with Crippen LogP contribution in [0.4, 0.5) is 13.2 Å². The van der Waals surface area contributed by atoms with Gasteiger partial charge in [0.15, 0.2) is 0 Å². The predicted octanol–water partition coefficient (Wildman–Crippen LogP) is 6.63. The number of fused-ring (bicyclic) bond motifs is 1. The Balaban J connectivity index is 1.87. The average Bonchev–Trinajstić information content (AvgIpc) is 3.35. The number of carboxylic acids is 1. The fraction of sp³-hybridized carbons (Fsp3) is 0.174. The molecule has 0 saturated heterocycles. The Morgan fingerprint density at radius 1 is 1.10 bits per heavy atom. The topological polar surface area (TPSA) is 42.2 Å². The molecule has 1 unspecified atom stereocenters. The van der Waals surface area contributed by atoms with Crippen LogP contribution in [-0.4, -0.2) is 15.6 Å². The van der Waals surface area contributed by atoms with Crippen LogP contribution in [0.1, 0.15) is 28.8 Å². The summed E-state index contributed by atoms with van der Waals surface area (Å²) in [6, 6.07) is 14.6. The van der Waals surface area contributed by atoms with Gasteiger partial charge >= 0.3 is 12.1 Å². The average molecular weight is 429 g/mol. The number of alkyl halides is 3. The lowest BCUT2D eigenvalue weighted by molar-refractivity contribution is -0.138. The van der Waals surface area contributed by atoms with Crippen LogP contribution in [0.5, 0.6) is 0 Å². The largest absolute Gasteiger partial charge is 0.480 e. The maximum Gasteiger partial charge on any atom is 0.416 e. The molecular weight excluding hydrogens is 411 g/mol. The number of hydrogen-bond acceptors (Lipinski definition) is 2. The Hall–Kier alpha value is -3.06. The molecule has 1 atom stereocenters. The molecule has 0 saturated carbocycles. The van der Waals surface area contributed by atoms with Crippen molar-refractivity contribution < 1.29 is 23.1 Å². The van der Waals surface area contributed by atoms with Crippen LogP contribution in [-0.2, 0) is 17.5 Å². The molecule has 0 aliphatic carbocycles. The summed E-state index contributed by atoms with van der Waals surface area (Å²) >= 11 is 1.61. The van der Waals surface area contributed by atoms with E-state index in [9.17, 15) is 23.1 Å². The summed E-state index contributed by atoms with van der Waals surface area (Å²) in [5, 5.41) is 12.1. The predicted molar refractivity (Wildman–Crippen MR) is 112 cm³/mol. The van der Waals surface area contributed by atoms with Gasteiger partial charge in [0.1, 0.15) is 6.54 Å². The molecule has 0 spiro atoms. The van der Waals surface area contributed by atoms with Crippen molar-refractivity contribution >= 4 is 28.2 Å². The molecule has 0 radical (unpaired) electrons. The number of carbonyl (C=O) groups is 1. The molecule has 0 fully saturated rings. The third-order valence-electron chi connectivity index (χ3n) is 5.18. The van der Waals surface area contributed by atoms with Crippen LogP contribution in [0.25, 0.3) is 22.0 Å². The molecule has 2 aromatic heterocycles. The number of benzene rings is 2. The molecule has 2 heterocycles. The Labute approximate surface area is 175 Å². The Morgan fingerprint density at radius 2 is 1.87 bits per heavy atom. The molecule has 3 nitrogen and oxygen atoms in total. The van der Waals surface area contributed by atoms with E-state index in [0.29, 0.717) is 11.1 Å². The van der Waals surface area contributed by atoms with Crippen molar-refractivity contribution in [3.8, 4) is 11.1 Å². The molecular formula is C23H18F3NO2S. The van der Waals surface area contributed by atoms with Crippen LogP contribution in [0, 0.1) is 0 Å². The SMILES string of the molecule is CC(c1cccs1)c1cn(CC(=O)O)c2ccc(-c3cccc(C(F)(F)F)c3)cc12. The van der Waals surface area contributed by atoms with Gasteiger partial charge in [0.25, 0.3) is 0 Å². The van der Waals surface area contributed by atoms with Crippen molar-refractivity contribution in [3.05, 3.63) is 82.2 Å². The van der Waals surface area contributed by atoms with Gasteiger partial charge in [-0.25, -0.2) is 0 Å². The number of halogens is 3. The first-order chi connectivity index (χ1) is 14.2. The van der Waals surface area contributed by atoms with Crippen molar-refractivity contribution in [2.75, 3.05) is 0 Å². The summed E-state index contributed by atoms with van der Waals surface area (Å²) in [4.78, 5) is 12.4. The van der Waals surface area contributed by atoms with E-state index >= 15 is 0 Å². The van der Waals surface area contributed by atoms with Gasteiger partial charge in [-0.2, -0.15) is 13.2 Å². The second-order valence-electron chi connectivity index (χ2n) is 7.15.